The Kier molecular flexibility index (Phi) is 22.5. The summed E-state index contributed by atoms with van der Waals surface area (Å²) in [5.41, 5.74) is 55.8. The number of aryl methyl sites for hydroxylation is 8. The van der Waals surface area contributed by atoms with Crippen molar-refractivity contribution in [3.05, 3.63) is 258 Å². The van der Waals surface area contributed by atoms with Crippen LogP contribution in [0.4, 0.5) is 0 Å². The number of aromatic nitrogens is 10. The molecule has 16 rings (SSSR count). The first-order chi connectivity index (χ1) is 58.9. The van der Waals surface area contributed by atoms with Crippen molar-refractivity contribution in [1.29, 1.82) is 0 Å². The van der Waals surface area contributed by atoms with Crippen LogP contribution in [0.25, 0.3) is 167 Å². The topological polar surface area (TPSA) is 140 Å². The van der Waals surface area contributed by atoms with Crippen LogP contribution < -0.4 is 0 Å². The molecule has 0 radical (unpaired) electrons. The van der Waals surface area contributed by atoms with Gasteiger partial charge in [-0.2, -0.15) is 0 Å². The molecule has 16 bridgehead atoms. The van der Waals surface area contributed by atoms with E-state index in [2.05, 4.69) is 359 Å². The number of pyridine rings is 2. The van der Waals surface area contributed by atoms with Crippen LogP contribution in [0.5, 0.6) is 0 Å². The van der Waals surface area contributed by atoms with Crippen molar-refractivity contribution in [2.45, 2.75) is 267 Å². The van der Waals surface area contributed by atoms with Gasteiger partial charge in [0.25, 0.3) is 0 Å². The van der Waals surface area contributed by atoms with E-state index in [0.29, 0.717) is 0 Å². The quantitative estimate of drug-likeness (QED) is 0.0806. The Bertz CT molecular complexity index is 6430. The van der Waals surface area contributed by atoms with Crippen LogP contribution in [0.2, 0.25) is 0 Å². The maximum atomic E-state index is 5.83. The van der Waals surface area contributed by atoms with E-state index in [1.54, 1.807) is 0 Å². The molecule has 0 atom stereocenters. The predicted octanol–water partition coefficient (Wildman–Crippen LogP) is 31.4. The number of allylic oxidation sites excluding steroid dienone is 8. The van der Waals surface area contributed by atoms with Gasteiger partial charge in [-0.25, -0.2) is 29.9 Å². The normalized spacial score (nSPS) is 13.6. The largest absolute Gasteiger partial charge is 0.354 e. The summed E-state index contributed by atoms with van der Waals surface area (Å²) < 4.78 is 0. The number of nitrogens with one attached hydrogen (secondary N) is 4. The van der Waals surface area contributed by atoms with Gasteiger partial charge in [0.1, 0.15) is 0 Å². The molecule has 10 nitrogen and oxygen atoms in total. The van der Waals surface area contributed by atoms with Crippen molar-refractivity contribution < 1.29 is 0 Å². The molecule has 0 saturated heterocycles. The van der Waals surface area contributed by atoms with Gasteiger partial charge in [0, 0.05) is 55.4 Å². The van der Waals surface area contributed by atoms with Gasteiger partial charge in [0.2, 0.25) is 0 Å². The van der Waals surface area contributed by atoms with E-state index in [4.69, 9.17) is 29.9 Å². The number of hydrogen-bond acceptors (Lipinski definition) is 6. The maximum absolute atomic E-state index is 5.83. The van der Waals surface area contributed by atoms with Gasteiger partial charge in [-0.3, -0.25) is 0 Å². The minimum atomic E-state index is -0.0808. The van der Waals surface area contributed by atoms with Gasteiger partial charge in [0.05, 0.1) is 90.4 Å². The van der Waals surface area contributed by atoms with Crippen molar-refractivity contribution in [2.24, 2.45) is 0 Å². The Morgan fingerprint density at radius 3 is 0.661 bits per heavy atom. The van der Waals surface area contributed by atoms with E-state index in [1.165, 1.54) is 122 Å². The second-order valence-electron chi connectivity index (χ2n) is 39.3. The Hall–Kier alpha value is -11.6. The summed E-state index contributed by atoms with van der Waals surface area (Å²) in [6.45, 7) is 64.6. The first-order valence-electron chi connectivity index (χ1n) is 45.8. The van der Waals surface area contributed by atoms with Crippen molar-refractivity contribution in [3.8, 4) is 78.4 Å². The van der Waals surface area contributed by atoms with Gasteiger partial charge in [0.15, 0.2) is 0 Å². The summed E-state index contributed by atoms with van der Waals surface area (Å²) >= 11 is 0. The lowest BCUT2D eigenvalue weighted by Gasteiger charge is -2.26. The number of nitrogens with zero attached hydrogens (tertiary/aromatic N) is 6. The second kappa shape index (κ2) is 32.5. The van der Waals surface area contributed by atoms with Crippen LogP contribution in [-0.4, -0.2) is 49.8 Å². The number of rotatable bonds is 15. The van der Waals surface area contributed by atoms with E-state index in [9.17, 15) is 0 Å². The minimum absolute atomic E-state index is 0.0808. The third-order valence-corrected chi connectivity index (χ3v) is 27.6. The highest BCUT2D eigenvalue weighted by Crippen LogP contribution is 2.50. The molecule has 124 heavy (non-hydrogen) atoms. The van der Waals surface area contributed by atoms with Gasteiger partial charge in [-0.15, -0.1) is 0 Å². The van der Waals surface area contributed by atoms with E-state index in [0.717, 1.165) is 208 Å². The average molecular weight is 1640 g/mol. The molecule has 12 aromatic rings. The summed E-state index contributed by atoms with van der Waals surface area (Å²) in [5, 5.41) is 0. The molecule has 12 heterocycles. The molecule has 0 spiro atoms. The van der Waals surface area contributed by atoms with Gasteiger partial charge >= 0.3 is 0 Å². The fraction of sp³-hybridized carbons (Fsp3) is 0.351. The smallest absolute Gasteiger partial charge is 0.0893 e. The molecule has 634 valence electrons. The number of fused-ring (bicyclic) bond motifs is 16. The molecule has 0 amide bonds. The molecule has 4 N–H and O–H groups in total. The molecule has 4 aromatic carbocycles. The molecule has 4 aliphatic rings. The van der Waals surface area contributed by atoms with Crippen molar-refractivity contribution in [3.63, 3.8) is 0 Å². The van der Waals surface area contributed by atoms with Gasteiger partial charge < -0.3 is 19.9 Å². The highest BCUT2D eigenvalue weighted by molar-refractivity contribution is 6.07. The van der Waals surface area contributed by atoms with E-state index >= 15 is 0 Å². The molecule has 0 aliphatic carbocycles. The number of hydrogen-bond donors (Lipinski definition) is 4. The lowest BCUT2D eigenvalue weighted by atomic mass is 9.78. The monoisotopic (exact) mass is 1640 g/mol. The molecule has 0 unspecified atom stereocenters. The van der Waals surface area contributed by atoms with E-state index in [1.807, 2.05) is 0 Å². The molecule has 0 saturated carbocycles. The first kappa shape index (κ1) is 85.9. The zero-order valence-electron chi connectivity index (χ0n) is 79.2. The van der Waals surface area contributed by atoms with E-state index in [-0.39, 0.29) is 21.7 Å². The van der Waals surface area contributed by atoms with Gasteiger partial charge in [-0.1, -0.05) is 236 Å². The van der Waals surface area contributed by atoms with Crippen LogP contribution in [0.15, 0.2) is 146 Å². The third kappa shape index (κ3) is 15.0. The van der Waals surface area contributed by atoms with Crippen molar-refractivity contribution >= 4 is 88.7 Å². The van der Waals surface area contributed by atoms with Crippen molar-refractivity contribution in [1.82, 2.24) is 49.8 Å². The van der Waals surface area contributed by atoms with Gasteiger partial charge in [-0.05, 0) is 311 Å². The van der Waals surface area contributed by atoms with Crippen LogP contribution >= 0.6 is 0 Å². The molecular weight excluding hydrogens is 1510 g/mol. The number of aromatic amines is 4. The highest BCUT2D eigenvalue weighted by Gasteiger charge is 2.33. The van der Waals surface area contributed by atoms with Crippen LogP contribution in [-0.2, 0) is 47.3 Å². The van der Waals surface area contributed by atoms with E-state index < -0.39 is 0 Å². The lowest BCUT2D eigenvalue weighted by molar-refractivity contribution is 0.568. The minimum Gasteiger partial charge on any atom is -0.354 e. The number of benzene rings is 4. The summed E-state index contributed by atoms with van der Waals surface area (Å²) in [6.07, 6.45) is 6.72. The maximum Gasteiger partial charge on any atom is 0.0893 e. The Labute approximate surface area is 737 Å². The molecule has 8 aromatic heterocycles. The highest BCUT2D eigenvalue weighted by atomic mass is 14.8. The van der Waals surface area contributed by atoms with Crippen LogP contribution in [0.1, 0.15) is 304 Å². The summed E-state index contributed by atoms with van der Waals surface area (Å²) in [5.74, 6) is 0. The molecule has 4 aliphatic heterocycles. The van der Waals surface area contributed by atoms with Crippen LogP contribution in [0, 0.1) is 27.7 Å². The second-order valence-corrected chi connectivity index (χ2v) is 39.3. The van der Waals surface area contributed by atoms with Crippen molar-refractivity contribution in [2.75, 3.05) is 0 Å². The summed E-state index contributed by atoms with van der Waals surface area (Å²) in [4.78, 5) is 50.7. The zero-order chi connectivity index (χ0) is 88.6. The fourth-order valence-electron chi connectivity index (χ4n) is 20.1. The zero-order valence-corrected chi connectivity index (χ0v) is 79.2. The Balaban J connectivity index is 0.801. The Morgan fingerprint density at radius 1 is 0.226 bits per heavy atom. The fourth-order valence-corrected chi connectivity index (χ4v) is 20.1. The molecular formula is C114H128N10. The lowest BCUT2D eigenvalue weighted by Crippen LogP contribution is -2.16. The predicted molar refractivity (Wildman–Crippen MR) is 532 cm³/mol. The first-order valence-corrected chi connectivity index (χ1v) is 45.8. The summed E-state index contributed by atoms with van der Waals surface area (Å²) in [6, 6.07) is 54.6. The van der Waals surface area contributed by atoms with Crippen LogP contribution in [0.3, 0.4) is 0 Å². The third-order valence-electron chi connectivity index (χ3n) is 27.6. The summed E-state index contributed by atoms with van der Waals surface area (Å²) in [7, 11) is 0. The molecule has 10 heteroatoms. The Morgan fingerprint density at radius 2 is 0.444 bits per heavy atom. The SMILES string of the molecule is CCC1=C(C)c2nc1cc1[nH]c(c(C)c1CC)c(-c1ccc(-c3cccc(-c4cccc(-c5ccc(-c6c7nc(cc8[nH]c(c(C)c8CC)c(-c8cc(C(C)(C)C)cc(C(C)(C)C)c8)c8nc(cc9[nH]c6c(C)c9CC)C(CC)=C8C)C(CC)=C7C)cc5)n4)n3)cc1)c1nc(cc3[nH]c(c(C)c3CC)c2-c2cc(C(C)(C)C)cc(C(C)(C)C)c2)C(CC)=C1C. The number of H-pyrrole nitrogens is 4. The average Bonchev–Trinajstić information content (AvgIpc) is 1.58. The standard InChI is InChI=1S/C114H128N10/c1-29-79-61(9)103-99(104-62(10)80(30-2)92(118-104)58-96-84(34-6)66(14)108(122-96)101(107-65(13)83(33-5)95(121-107)57-91(79)117-103)73-51-75(111(17,18)19)55-76(52-73)112(20,21)22)71-47-43-69(44-48-71)87-39-37-41-89(115-87)90-42-38-40-88(116-90)70-45-49-72(50-46-70)100-105-63(11)81(31-3)93(119-105)59-97-85(35-7)67(15)109(123-97)102(74-53-77(113(23,24)25)56-78(54-74)114(26,27)28)110-68(16)86(36-8)98(124-110)60-94-82(32-4)64(12)106(100)120-94/h37-60,117,119,122,124H,29-36H2,1-28H3. The molecule has 0 fully saturated rings.